The molecule has 0 aliphatic carbocycles. The fourth-order valence-corrected chi connectivity index (χ4v) is 4.56. The maximum Gasteiger partial charge on any atom is 0.265 e. The number of sulfonamides is 1. The molecule has 30 heavy (non-hydrogen) atoms. The largest absolute Gasteiger partial charge is 0.481 e. The second kappa shape index (κ2) is 10.4. The monoisotopic (exact) mass is 433 g/mol. The van der Waals surface area contributed by atoms with E-state index in [0.29, 0.717) is 36.6 Å². The molecule has 0 aromatic heterocycles. The quantitative estimate of drug-likeness (QED) is 0.620. The van der Waals surface area contributed by atoms with Gasteiger partial charge in [-0.05, 0) is 36.8 Å². The Balaban J connectivity index is 2.35. The van der Waals surface area contributed by atoms with Crippen molar-refractivity contribution in [3.05, 3.63) is 48.5 Å². The number of ether oxygens (including phenoxy) is 1. The molecule has 0 heterocycles. The van der Waals surface area contributed by atoms with Crippen molar-refractivity contribution in [1.29, 1.82) is 0 Å². The summed E-state index contributed by atoms with van der Waals surface area (Å²) in [5, 5.41) is 2.86. The van der Waals surface area contributed by atoms with Gasteiger partial charge in [0.25, 0.3) is 5.91 Å². The Kier molecular flexibility index (Phi) is 8.25. The van der Waals surface area contributed by atoms with Crippen LogP contribution in [0.25, 0.3) is 0 Å². The minimum absolute atomic E-state index is 0.143. The number of hydrogen-bond acceptors (Lipinski definition) is 5. The molecule has 0 saturated heterocycles. The average molecular weight is 434 g/mol. The maximum atomic E-state index is 12.9. The lowest BCUT2D eigenvalue weighted by Gasteiger charge is -2.23. The number of nitrogens with one attached hydrogen (secondary N) is 1. The lowest BCUT2D eigenvalue weighted by Crippen LogP contribution is -2.33. The van der Waals surface area contributed by atoms with Crippen LogP contribution in [0, 0.1) is 0 Å². The molecule has 0 bridgehead atoms. The summed E-state index contributed by atoms with van der Waals surface area (Å²) in [5.74, 6) is 0.270. The van der Waals surface area contributed by atoms with E-state index in [1.54, 1.807) is 38.1 Å². The van der Waals surface area contributed by atoms with Crippen LogP contribution in [-0.2, 0) is 14.8 Å². The number of anilines is 2. The summed E-state index contributed by atoms with van der Waals surface area (Å²) in [6, 6.07) is 13.9. The summed E-state index contributed by atoms with van der Waals surface area (Å²) in [7, 11) is 0.0253. The van der Waals surface area contributed by atoms with Crippen molar-refractivity contribution < 1.29 is 17.9 Å². The fourth-order valence-electron chi connectivity index (χ4n) is 3.08. The van der Waals surface area contributed by atoms with E-state index in [9.17, 15) is 13.2 Å². The first kappa shape index (κ1) is 23.7. The number of carbonyl (C=O) groups is 1. The highest BCUT2D eigenvalue weighted by molar-refractivity contribution is 7.89. The third kappa shape index (κ3) is 5.52. The van der Waals surface area contributed by atoms with Crippen LogP contribution in [0.5, 0.6) is 5.75 Å². The van der Waals surface area contributed by atoms with Gasteiger partial charge < -0.3 is 15.0 Å². The van der Waals surface area contributed by atoms with Gasteiger partial charge in [0.05, 0.1) is 16.3 Å². The highest BCUT2D eigenvalue weighted by Gasteiger charge is 2.25. The Hall–Kier alpha value is -2.58. The van der Waals surface area contributed by atoms with E-state index in [1.807, 2.05) is 44.1 Å². The Bertz CT molecular complexity index is 942. The molecule has 0 radical (unpaired) electrons. The first-order valence-corrected chi connectivity index (χ1v) is 11.5. The molecule has 1 N–H and O–H groups in total. The van der Waals surface area contributed by atoms with Crippen LogP contribution >= 0.6 is 0 Å². The Morgan fingerprint density at radius 3 is 2.20 bits per heavy atom. The number of rotatable bonds is 10. The van der Waals surface area contributed by atoms with Gasteiger partial charge in [-0.15, -0.1) is 0 Å². The molecule has 7 nitrogen and oxygen atoms in total. The van der Waals surface area contributed by atoms with E-state index in [2.05, 4.69) is 5.32 Å². The van der Waals surface area contributed by atoms with Gasteiger partial charge in [0.15, 0.2) is 6.10 Å². The SMILES string of the molecule is CC[C@@H](Oc1ccccc1)C(=O)Nc1cc(S(=O)(=O)N(CC)CC)ccc1N(C)C. The lowest BCUT2D eigenvalue weighted by atomic mass is 10.2. The van der Waals surface area contributed by atoms with E-state index in [4.69, 9.17) is 4.74 Å². The highest BCUT2D eigenvalue weighted by Crippen LogP contribution is 2.29. The second-order valence-corrected chi connectivity index (χ2v) is 8.92. The predicted molar refractivity (Wildman–Crippen MR) is 121 cm³/mol. The van der Waals surface area contributed by atoms with E-state index in [0.717, 1.165) is 0 Å². The molecule has 8 heteroatoms. The molecule has 2 aromatic rings. The van der Waals surface area contributed by atoms with Crippen LogP contribution in [0.15, 0.2) is 53.4 Å². The minimum Gasteiger partial charge on any atom is -0.481 e. The first-order valence-electron chi connectivity index (χ1n) is 10.1. The number of amides is 1. The lowest BCUT2D eigenvalue weighted by molar-refractivity contribution is -0.122. The van der Waals surface area contributed by atoms with Gasteiger partial charge in [-0.2, -0.15) is 4.31 Å². The fraction of sp³-hybridized carbons (Fsp3) is 0.409. The summed E-state index contributed by atoms with van der Waals surface area (Å²) in [4.78, 5) is 14.9. The number of nitrogens with zero attached hydrogens (tertiary/aromatic N) is 2. The van der Waals surface area contributed by atoms with Gasteiger partial charge in [0.1, 0.15) is 5.75 Å². The van der Waals surface area contributed by atoms with Crippen LogP contribution in [0.4, 0.5) is 11.4 Å². The zero-order chi connectivity index (χ0) is 22.3. The predicted octanol–water partition coefficient (Wildman–Crippen LogP) is 3.58. The molecule has 0 aliphatic heterocycles. The molecule has 0 saturated carbocycles. The summed E-state index contributed by atoms with van der Waals surface area (Å²) in [6.45, 7) is 6.20. The van der Waals surface area contributed by atoms with Gasteiger partial charge in [0, 0.05) is 27.2 Å². The average Bonchev–Trinajstić information content (AvgIpc) is 2.73. The van der Waals surface area contributed by atoms with Gasteiger partial charge in [-0.3, -0.25) is 4.79 Å². The summed E-state index contributed by atoms with van der Waals surface area (Å²) >= 11 is 0. The van der Waals surface area contributed by atoms with Gasteiger partial charge >= 0.3 is 0 Å². The summed E-state index contributed by atoms with van der Waals surface area (Å²) < 4.78 is 33.0. The van der Waals surface area contributed by atoms with Crippen molar-refractivity contribution in [2.75, 3.05) is 37.4 Å². The van der Waals surface area contributed by atoms with Crippen LogP contribution in [-0.4, -0.2) is 51.9 Å². The second-order valence-electron chi connectivity index (χ2n) is 6.98. The molecular weight excluding hydrogens is 402 g/mol. The van der Waals surface area contributed by atoms with E-state index in [-0.39, 0.29) is 10.8 Å². The molecule has 2 aromatic carbocycles. The van der Waals surface area contributed by atoms with E-state index < -0.39 is 16.1 Å². The number of benzene rings is 2. The molecule has 2 rings (SSSR count). The van der Waals surface area contributed by atoms with Crippen molar-refractivity contribution in [1.82, 2.24) is 4.31 Å². The van der Waals surface area contributed by atoms with Crippen molar-refractivity contribution in [2.45, 2.75) is 38.2 Å². The Morgan fingerprint density at radius 1 is 1.03 bits per heavy atom. The molecule has 0 spiro atoms. The van der Waals surface area contributed by atoms with Crippen molar-refractivity contribution in [2.24, 2.45) is 0 Å². The summed E-state index contributed by atoms with van der Waals surface area (Å²) in [5.41, 5.74) is 1.13. The minimum atomic E-state index is -3.64. The van der Waals surface area contributed by atoms with Crippen LogP contribution in [0.2, 0.25) is 0 Å². The van der Waals surface area contributed by atoms with Gasteiger partial charge in [-0.1, -0.05) is 39.0 Å². The zero-order valence-electron chi connectivity index (χ0n) is 18.3. The van der Waals surface area contributed by atoms with Crippen LogP contribution < -0.4 is 15.0 Å². The zero-order valence-corrected chi connectivity index (χ0v) is 19.1. The van der Waals surface area contributed by atoms with E-state index in [1.165, 1.54) is 10.4 Å². The molecule has 0 aliphatic rings. The molecule has 1 atom stereocenters. The molecule has 164 valence electrons. The number of para-hydroxylation sites is 1. The van der Waals surface area contributed by atoms with Crippen molar-refractivity contribution in [3.63, 3.8) is 0 Å². The Labute approximate surface area is 179 Å². The van der Waals surface area contributed by atoms with Gasteiger partial charge in [-0.25, -0.2) is 8.42 Å². The smallest absolute Gasteiger partial charge is 0.265 e. The van der Waals surface area contributed by atoms with Crippen molar-refractivity contribution >= 4 is 27.3 Å². The third-order valence-corrected chi connectivity index (χ3v) is 6.78. The standard InChI is InChI=1S/C22H31N3O4S/c1-6-21(29-17-12-10-9-11-13-17)22(26)23-19-16-18(14-15-20(19)24(4)5)30(27,28)25(7-2)8-3/h9-16,21H,6-8H2,1-5H3,(H,23,26)/t21-/m1/s1. The Morgan fingerprint density at radius 2 is 1.67 bits per heavy atom. The van der Waals surface area contributed by atoms with Crippen LogP contribution in [0.1, 0.15) is 27.2 Å². The van der Waals surface area contributed by atoms with Crippen molar-refractivity contribution in [3.8, 4) is 5.75 Å². The highest BCUT2D eigenvalue weighted by atomic mass is 32.2. The van der Waals surface area contributed by atoms with Gasteiger partial charge in [0.2, 0.25) is 10.0 Å². The molecule has 0 fully saturated rings. The number of carbonyl (C=O) groups excluding carboxylic acids is 1. The summed E-state index contributed by atoms with van der Waals surface area (Å²) in [6.07, 6.45) is -0.236. The third-order valence-electron chi connectivity index (χ3n) is 4.74. The maximum absolute atomic E-state index is 12.9. The number of hydrogen-bond donors (Lipinski definition) is 1. The van der Waals surface area contributed by atoms with E-state index >= 15 is 0 Å². The molecule has 0 unspecified atom stereocenters. The normalized spacial score (nSPS) is 12.5. The molecule has 1 amide bonds. The molecular formula is C22H31N3O4S. The van der Waals surface area contributed by atoms with Crippen LogP contribution in [0.3, 0.4) is 0 Å². The first-order chi connectivity index (χ1) is 14.2. The topological polar surface area (TPSA) is 78.9 Å².